The van der Waals surface area contributed by atoms with Gasteiger partial charge in [0.15, 0.2) is 0 Å². The summed E-state index contributed by atoms with van der Waals surface area (Å²) in [5, 5.41) is 12.4. The summed E-state index contributed by atoms with van der Waals surface area (Å²) in [7, 11) is 1.85. The molecule has 0 saturated heterocycles. The van der Waals surface area contributed by atoms with Crippen molar-refractivity contribution < 1.29 is 4.74 Å². The molecule has 1 aromatic rings. The summed E-state index contributed by atoms with van der Waals surface area (Å²) in [5.74, 6) is 0.985. The van der Waals surface area contributed by atoms with Crippen LogP contribution >= 0.6 is 0 Å². The van der Waals surface area contributed by atoms with Gasteiger partial charge >= 0.3 is 0 Å². The lowest BCUT2D eigenvalue weighted by Gasteiger charge is -2.24. The van der Waals surface area contributed by atoms with Crippen LogP contribution in [-0.4, -0.2) is 19.2 Å². The van der Waals surface area contributed by atoms with Gasteiger partial charge in [0.1, 0.15) is 11.3 Å². The molecule has 0 aliphatic rings. The van der Waals surface area contributed by atoms with Gasteiger partial charge in [-0.3, -0.25) is 0 Å². The predicted molar refractivity (Wildman–Crippen MR) is 83.1 cm³/mol. The van der Waals surface area contributed by atoms with E-state index in [1.165, 1.54) is 16.7 Å². The Morgan fingerprint density at radius 1 is 1.25 bits per heavy atom. The van der Waals surface area contributed by atoms with Crippen LogP contribution in [0.1, 0.15) is 42.9 Å². The van der Waals surface area contributed by atoms with Gasteiger partial charge in [0.25, 0.3) is 0 Å². The summed E-state index contributed by atoms with van der Waals surface area (Å²) >= 11 is 0. The van der Waals surface area contributed by atoms with E-state index < -0.39 is 5.54 Å². The highest BCUT2D eigenvalue weighted by molar-refractivity contribution is 5.42. The molecule has 0 aliphatic carbocycles. The van der Waals surface area contributed by atoms with E-state index >= 15 is 0 Å². The molecule has 110 valence electrons. The largest absolute Gasteiger partial charge is 0.493 e. The Kier molecular flexibility index (Phi) is 6.04. The molecule has 1 unspecified atom stereocenters. The maximum Gasteiger partial charge on any atom is 0.125 e. The topological polar surface area (TPSA) is 45.0 Å². The zero-order valence-electron chi connectivity index (χ0n) is 13.3. The maximum atomic E-state index is 9.26. The number of aryl methyl sites for hydroxylation is 3. The third kappa shape index (κ3) is 3.98. The fraction of sp³-hybridized carbons (Fsp3) is 0.588. The SMILES string of the molecule is CCC(C#N)(CCCOc1c(C)cc(C)cc1C)NC. The van der Waals surface area contributed by atoms with Gasteiger partial charge in [-0.25, -0.2) is 0 Å². The molecule has 0 amide bonds. The monoisotopic (exact) mass is 274 g/mol. The van der Waals surface area contributed by atoms with E-state index in [9.17, 15) is 5.26 Å². The minimum Gasteiger partial charge on any atom is -0.493 e. The first-order valence-electron chi connectivity index (χ1n) is 7.29. The summed E-state index contributed by atoms with van der Waals surface area (Å²) in [6, 6.07) is 6.66. The van der Waals surface area contributed by atoms with Gasteiger partial charge in [0.2, 0.25) is 0 Å². The minimum atomic E-state index is -0.416. The van der Waals surface area contributed by atoms with Crippen molar-refractivity contribution in [1.82, 2.24) is 5.32 Å². The zero-order chi connectivity index (χ0) is 15.2. The van der Waals surface area contributed by atoms with Crippen molar-refractivity contribution in [2.75, 3.05) is 13.7 Å². The van der Waals surface area contributed by atoms with Crippen LogP contribution in [-0.2, 0) is 0 Å². The number of benzene rings is 1. The second kappa shape index (κ2) is 7.31. The van der Waals surface area contributed by atoms with Crippen LogP contribution in [0.3, 0.4) is 0 Å². The normalized spacial score (nSPS) is 13.6. The number of rotatable bonds is 7. The fourth-order valence-electron chi connectivity index (χ4n) is 2.61. The molecular formula is C17H26N2O. The van der Waals surface area contributed by atoms with Gasteiger partial charge in [-0.15, -0.1) is 0 Å². The Bertz CT molecular complexity index is 461. The fourth-order valence-corrected chi connectivity index (χ4v) is 2.61. The Morgan fingerprint density at radius 3 is 2.30 bits per heavy atom. The van der Waals surface area contributed by atoms with E-state index in [4.69, 9.17) is 4.74 Å². The number of nitrogens with one attached hydrogen (secondary N) is 1. The lowest BCUT2D eigenvalue weighted by Crippen LogP contribution is -2.41. The summed E-state index contributed by atoms with van der Waals surface area (Å²) in [6.45, 7) is 8.94. The molecule has 1 rings (SSSR count). The Balaban J connectivity index is 2.56. The van der Waals surface area contributed by atoms with Crippen molar-refractivity contribution in [3.63, 3.8) is 0 Å². The average molecular weight is 274 g/mol. The molecule has 0 saturated carbocycles. The molecule has 0 aliphatic heterocycles. The van der Waals surface area contributed by atoms with Crippen molar-refractivity contribution in [2.24, 2.45) is 0 Å². The Hall–Kier alpha value is -1.53. The summed E-state index contributed by atoms with van der Waals surface area (Å²) < 4.78 is 5.91. The number of hydrogen-bond acceptors (Lipinski definition) is 3. The van der Waals surface area contributed by atoms with E-state index in [1.54, 1.807) is 0 Å². The number of nitriles is 1. The lowest BCUT2D eigenvalue weighted by molar-refractivity contribution is 0.278. The number of hydrogen-bond donors (Lipinski definition) is 1. The highest BCUT2D eigenvalue weighted by Crippen LogP contribution is 2.25. The van der Waals surface area contributed by atoms with Gasteiger partial charge in [-0.2, -0.15) is 5.26 Å². The third-order valence-corrected chi connectivity index (χ3v) is 3.90. The second-order valence-corrected chi connectivity index (χ2v) is 5.48. The van der Waals surface area contributed by atoms with E-state index in [1.807, 2.05) is 14.0 Å². The van der Waals surface area contributed by atoms with Crippen molar-refractivity contribution in [2.45, 2.75) is 52.5 Å². The van der Waals surface area contributed by atoms with Crippen molar-refractivity contribution >= 4 is 0 Å². The first-order chi connectivity index (χ1) is 9.48. The van der Waals surface area contributed by atoms with E-state index in [-0.39, 0.29) is 0 Å². The van der Waals surface area contributed by atoms with Crippen LogP contribution in [0, 0.1) is 32.1 Å². The van der Waals surface area contributed by atoms with Crippen LogP contribution in [0.2, 0.25) is 0 Å². The lowest BCUT2D eigenvalue weighted by atomic mass is 9.92. The molecule has 1 aromatic carbocycles. The summed E-state index contributed by atoms with van der Waals surface area (Å²) in [5.41, 5.74) is 3.20. The van der Waals surface area contributed by atoms with E-state index in [0.717, 1.165) is 25.0 Å². The molecule has 20 heavy (non-hydrogen) atoms. The van der Waals surface area contributed by atoms with Crippen molar-refractivity contribution in [3.05, 3.63) is 28.8 Å². The van der Waals surface area contributed by atoms with Gasteiger partial charge in [0, 0.05) is 0 Å². The van der Waals surface area contributed by atoms with Crippen LogP contribution in [0.15, 0.2) is 12.1 Å². The molecule has 0 fully saturated rings. The molecule has 3 heteroatoms. The molecule has 0 radical (unpaired) electrons. The maximum absolute atomic E-state index is 9.26. The minimum absolute atomic E-state index is 0.416. The highest BCUT2D eigenvalue weighted by atomic mass is 16.5. The molecule has 1 N–H and O–H groups in total. The standard InChI is InChI=1S/C17H26N2O/c1-6-17(12-18,19-5)8-7-9-20-16-14(3)10-13(2)11-15(16)4/h10-11,19H,6-9H2,1-5H3. The average Bonchev–Trinajstić information content (AvgIpc) is 2.42. The Morgan fingerprint density at radius 2 is 1.85 bits per heavy atom. The number of ether oxygens (including phenoxy) is 1. The molecule has 0 aromatic heterocycles. The van der Waals surface area contributed by atoms with Gasteiger partial charge in [-0.1, -0.05) is 24.6 Å². The van der Waals surface area contributed by atoms with Gasteiger partial charge in [0.05, 0.1) is 12.7 Å². The summed E-state index contributed by atoms with van der Waals surface area (Å²) in [4.78, 5) is 0. The van der Waals surface area contributed by atoms with E-state index in [0.29, 0.717) is 6.61 Å². The molecule has 0 spiro atoms. The molecule has 3 nitrogen and oxygen atoms in total. The van der Waals surface area contributed by atoms with Gasteiger partial charge < -0.3 is 10.1 Å². The second-order valence-electron chi connectivity index (χ2n) is 5.48. The van der Waals surface area contributed by atoms with Crippen LogP contribution < -0.4 is 10.1 Å². The molecule has 0 heterocycles. The third-order valence-electron chi connectivity index (χ3n) is 3.90. The summed E-state index contributed by atoms with van der Waals surface area (Å²) in [6.07, 6.45) is 2.48. The van der Waals surface area contributed by atoms with Crippen molar-refractivity contribution in [1.29, 1.82) is 5.26 Å². The predicted octanol–water partition coefficient (Wildman–Crippen LogP) is 3.66. The first-order valence-corrected chi connectivity index (χ1v) is 7.29. The van der Waals surface area contributed by atoms with Crippen molar-refractivity contribution in [3.8, 4) is 11.8 Å². The Labute approximate surface area is 123 Å². The smallest absolute Gasteiger partial charge is 0.125 e. The zero-order valence-corrected chi connectivity index (χ0v) is 13.3. The van der Waals surface area contributed by atoms with Gasteiger partial charge in [-0.05, 0) is 58.2 Å². The highest BCUT2D eigenvalue weighted by Gasteiger charge is 2.24. The van der Waals surface area contributed by atoms with Crippen LogP contribution in [0.5, 0.6) is 5.75 Å². The number of nitrogens with zero attached hydrogens (tertiary/aromatic N) is 1. The first kappa shape index (κ1) is 16.5. The molecule has 0 bridgehead atoms. The van der Waals surface area contributed by atoms with Crippen LogP contribution in [0.4, 0.5) is 0 Å². The molecular weight excluding hydrogens is 248 g/mol. The quantitative estimate of drug-likeness (QED) is 0.772. The molecule has 1 atom stereocenters. The van der Waals surface area contributed by atoms with E-state index in [2.05, 4.69) is 44.3 Å². The van der Waals surface area contributed by atoms with Crippen LogP contribution in [0.25, 0.3) is 0 Å².